The van der Waals surface area contributed by atoms with E-state index in [1.54, 1.807) is 56.3 Å². The molecule has 5 heterocycles. The Morgan fingerprint density at radius 2 is 1.61 bits per heavy atom. The van der Waals surface area contributed by atoms with E-state index in [1.807, 2.05) is 66.7 Å². The van der Waals surface area contributed by atoms with Crippen LogP contribution >= 0.6 is 0 Å². The molecular formula is C36H27N7O3. The maximum absolute atomic E-state index is 13.9. The van der Waals surface area contributed by atoms with Gasteiger partial charge in [0.15, 0.2) is 17.3 Å². The summed E-state index contributed by atoms with van der Waals surface area (Å²) in [5.41, 5.74) is 8.76. The third-order valence-corrected chi connectivity index (χ3v) is 7.77. The second-order valence-corrected chi connectivity index (χ2v) is 10.4. The van der Waals surface area contributed by atoms with Crippen LogP contribution in [0.2, 0.25) is 0 Å². The molecule has 0 radical (unpaired) electrons. The highest BCUT2D eigenvalue weighted by Gasteiger charge is 2.26. The predicted octanol–water partition coefficient (Wildman–Crippen LogP) is 5.74. The minimum absolute atomic E-state index is 0.294. The molecule has 0 unspecified atom stereocenters. The molecule has 0 aliphatic carbocycles. The van der Waals surface area contributed by atoms with Crippen molar-refractivity contribution in [1.29, 1.82) is 0 Å². The lowest BCUT2D eigenvalue weighted by molar-refractivity contribution is 0.354. The standard InChI is InChI=1S/C36H27N7O3/c1-4-26-18-25-19-31(45-2)32(46-3)21-30(25)34(40-42(26)27-12-15-37-16-13-27)23-11-17-39-33(20-23)43-36(44)29-10-6-5-9-28(29)35(41-43)24-8-7-14-38-22-24/h5-17,19-22H,1,18H2,2-3H3. The molecule has 1 aliphatic rings. The fraction of sp³-hybridized carbons (Fsp3) is 0.0833. The van der Waals surface area contributed by atoms with Gasteiger partial charge >= 0.3 is 0 Å². The van der Waals surface area contributed by atoms with Crippen LogP contribution in [-0.2, 0) is 6.42 Å². The Morgan fingerprint density at radius 1 is 0.826 bits per heavy atom. The van der Waals surface area contributed by atoms with Gasteiger partial charge < -0.3 is 9.47 Å². The van der Waals surface area contributed by atoms with Crippen molar-refractivity contribution in [3.05, 3.63) is 149 Å². The number of hydrogen-bond donors (Lipinski definition) is 0. The van der Waals surface area contributed by atoms with E-state index in [4.69, 9.17) is 19.7 Å². The largest absolute Gasteiger partial charge is 0.493 e. The van der Waals surface area contributed by atoms with E-state index in [1.165, 1.54) is 4.68 Å². The minimum atomic E-state index is -0.294. The summed E-state index contributed by atoms with van der Waals surface area (Å²) < 4.78 is 12.7. The van der Waals surface area contributed by atoms with Gasteiger partial charge in [-0.3, -0.25) is 14.8 Å². The van der Waals surface area contributed by atoms with Gasteiger partial charge in [0.2, 0.25) is 0 Å². The number of fused-ring (bicyclic) bond motifs is 2. The number of hydrogen-bond acceptors (Lipinski definition) is 9. The van der Waals surface area contributed by atoms with Crippen LogP contribution in [0, 0.1) is 0 Å². The second-order valence-electron chi connectivity index (χ2n) is 10.4. The molecule has 10 heteroatoms. The average Bonchev–Trinajstić information content (AvgIpc) is 3.28. The first-order chi connectivity index (χ1) is 22.6. The minimum Gasteiger partial charge on any atom is -0.493 e. The molecule has 1 aliphatic heterocycles. The Kier molecular flexibility index (Phi) is 7.38. The zero-order valence-corrected chi connectivity index (χ0v) is 25.1. The van der Waals surface area contributed by atoms with Crippen LogP contribution in [0.3, 0.4) is 0 Å². The average molecular weight is 606 g/mol. The predicted molar refractivity (Wildman–Crippen MR) is 177 cm³/mol. The molecule has 0 saturated heterocycles. The molecule has 4 aromatic heterocycles. The van der Waals surface area contributed by atoms with Crippen molar-refractivity contribution < 1.29 is 9.47 Å². The normalized spacial score (nSPS) is 12.6. The number of aromatic nitrogens is 5. The van der Waals surface area contributed by atoms with Gasteiger partial charge in [-0.15, -0.1) is 5.73 Å². The third kappa shape index (κ3) is 4.98. The van der Waals surface area contributed by atoms with Crippen LogP contribution < -0.4 is 20.0 Å². The zero-order valence-electron chi connectivity index (χ0n) is 25.1. The van der Waals surface area contributed by atoms with Gasteiger partial charge in [0.1, 0.15) is 5.69 Å². The van der Waals surface area contributed by atoms with Crippen molar-refractivity contribution in [2.45, 2.75) is 6.42 Å². The topological polar surface area (TPSA) is 108 Å². The van der Waals surface area contributed by atoms with E-state index in [2.05, 4.69) is 27.3 Å². The van der Waals surface area contributed by atoms with E-state index < -0.39 is 0 Å². The van der Waals surface area contributed by atoms with Crippen LogP contribution in [0.25, 0.3) is 27.8 Å². The second kappa shape index (κ2) is 12.0. The van der Waals surface area contributed by atoms with Crippen molar-refractivity contribution in [2.24, 2.45) is 5.10 Å². The van der Waals surface area contributed by atoms with Crippen molar-refractivity contribution >= 4 is 22.2 Å². The van der Waals surface area contributed by atoms with Crippen LogP contribution in [-0.4, -0.2) is 44.7 Å². The molecule has 224 valence electrons. The number of pyridine rings is 3. The Bertz CT molecular complexity index is 2240. The maximum atomic E-state index is 13.9. The highest BCUT2D eigenvalue weighted by atomic mass is 16.5. The smallest absolute Gasteiger partial charge is 0.280 e. The molecule has 7 rings (SSSR count). The Labute approximate surface area is 264 Å². The summed E-state index contributed by atoms with van der Waals surface area (Å²) >= 11 is 0. The number of hydrazone groups is 1. The SMILES string of the molecule is C=C=C1Cc2cc(OC)c(OC)cc2C(c2ccnc(-n3nc(-c4cccnc4)c4ccccc4c3=O)c2)=NN1c1ccncc1. The molecule has 2 aromatic carbocycles. The first-order valence-corrected chi connectivity index (χ1v) is 14.4. The van der Waals surface area contributed by atoms with Crippen LogP contribution in [0.15, 0.2) is 132 Å². The maximum Gasteiger partial charge on any atom is 0.280 e. The van der Waals surface area contributed by atoms with Crippen LogP contribution in [0.4, 0.5) is 5.69 Å². The van der Waals surface area contributed by atoms with E-state index in [9.17, 15) is 4.79 Å². The summed E-state index contributed by atoms with van der Waals surface area (Å²) in [6.07, 6.45) is 8.95. The molecule has 0 spiro atoms. The van der Waals surface area contributed by atoms with Crippen molar-refractivity contribution in [3.63, 3.8) is 0 Å². The van der Waals surface area contributed by atoms with E-state index in [0.717, 1.165) is 33.5 Å². The van der Waals surface area contributed by atoms with Gasteiger partial charge in [-0.05, 0) is 60.2 Å². The molecule has 0 atom stereocenters. The fourth-order valence-corrected chi connectivity index (χ4v) is 5.55. The number of benzene rings is 2. The molecule has 0 bridgehead atoms. The highest BCUT2D eigenvalue weighted by molar-refractivity contribution is 6.15. The van der Waals surface area contributed by atoms with Crippen LogP contribution in [0.1, 0.15) is 16.7 Å². The van der Waals surface area contributed by atoms with Gasteiger partial charge in [-0.2, -0.15) is 14.9 Å². The molecular weight excluding hydrogens is 578 g/mol. The number of anilines is 1. The van der Waals surface area contributed by atoms with Gasteiger partial charge in [0, 0.05) is 59.5 Å². The number of methoxy groups -OCH3 is 2. The van der Waals surface area contributed by atoms with E-state index >= 15 is 0 Å². The Morgan fingerprint density at radius 3 is 2.35 bits per heavy atom. The fourth-order valence-electron chi connectivity index (χ4n) is 5.55. The van der Waals surface area contributed by atoms with Crippen LogP contribution in [0.5, 0.6) is 11.5 Å². The number of rotatable bonds is 6. The Balaban J connectivity index is 1.47. The van der Waals surface area contributed by atoms with E-state index in [0.29, 0.717) is 46.1 Å². The summed E-state index contributed by atoms with van der Waals surface area (Å²) in [5.74, 6) is 1.48. The van der Waals surface area contributed by atoms with Gasteiger partial charge in [0.05, 0.1) is 36.7 Å². The van der Waals surface area contributed by atoms with Gasteiger partial charge in [-0.1, -0.05) is 24.8 Å². The molecule has 0 saturated carbocycles. The summed E-state index contributed by atoms with van der Waals surface area (Å²) in [4.78, 5) is 26.9. The summed E-state index contributed by atoms with van der Waals surface area (Å²) in [6.45, 7) is 3.97. The summed E-state index contributed by atoms with van der Waals surface area (Å²) in [6, 6.07) is 22.4. The number of allylic oxidation sites excluding steroid dienone is 1. The zero-order chi connectivity index (χ0) is 31.6. The molecule has 6 aromatic rings. The third-order valence-electron chi connectivity index (χ3n) is 7.77. The molecule has 0 amide bonds. The highest BCUT2D eigenvalue weighted by Crippen LogP contribution is 2.36. The monoisotopic (exact) mass is 605 g/mol. The lowest BCUT2D eigenvalue weighted by Gasteiger charge is -2.20. The lowest BCUT2D eigenvalue weighted by Crippen LogP contribution is -2.23. The van der Waals surface area contributed by atoms with E-state index in [-0.39, 0.29) is 5.56 Å². The number of nitrogens with zero attached hydrogens (tertiary/aromatic N) is 7. The lowest BCUT2D eigenvalue weighted by atomic mass is 9.95. The Hall–Kier alpha value is -6.38. The van der Waals surface area contributed by atoms with Crippen molar-refractivity contribution in [3.8, 4) is 28.6 Å². The van der Waals surface area contributed by atoms with Gasteiger partial charge in [-0.25, -0.2) is 9.99 Å². The molecule has 0 fully saturated rings. The van der Waals surface area contributed by atoms with Gasteiger partial charge in [0.25, 0.3) is 5.56 Å². The number of ether oxygens (including phenoxy) is 2. The molecule has 0 N–H and O–H groups in total. The quantitative estimate of drug-likeness (QED) is 0.221. The summed E-state index contributed by atoms with van der Waals surface area (Å²) in [7, 11) is 3.20. The first kappa shape index (κ1) is 28.4. The molecule has 10 nitrogen and oxygen atoms in total. The van der Waals surface area contributed by atoms with Crippen molar-refractivity contribution in [1.82, 2.24) is 24.7 Å². The summed E-state index contributed by atoms with van der Waals surface area (Å²) in [5, 5.41) is 13.0. The molecule has 46 heavy (non-hydrogen) atoms. The van der Waals surface area contributed by atoms with Crippen molar-refractivity contribution in [2.75, 3.05) is 19.2 Å². The first-order valence-electron chi connectivity index (χ1n) is 14.4.